The van der Waals surface area contributed by atoms with Crippen LogP contribution in [0.3, 0.4) is 0 Å². The Kier molecular flexibility index (Phi) is 6.98. The first kappa shape index (κ1) is 25.5. The molecule has 2 aromatic heterocycles. The minimum absolute atomic E-state index is 0.224. The molecule has 4 rings (SSSR count). The molecule has 0 radical (unpaired) electrons. The highest BCUT2D eigenvalue weighted by Crippen LogP contribution is 2.39. The van der Waals surface area contributed by atoms with E-state index in [0.29, 0.717) is 21.1 Å². The maximum Gasteiger partial charge on any atom is 0.331 e. The van der Waals surface area contributed by atoms with E-state index in [-0.39, 0.29) is 23.0 Å². The Hall–Kier alpha value is -3.55. The van der Waals surface area contributed by atoms with Crippen molar-refractivity contribution in [1.82, 2.24) is 9.72 Å². The molecular formula is C27H25Cl2N3O4. The van der Waals surface area contributed by atoms with Gasteiger partial charge in [0.25, 0.3) is 5.91 Å². The lowest BCUT2D eigenvalue weighted by Gasteiger charge is -2.17. The van der Waals surface area contributed by atoms with Crippen LogP contribution in [0.2, 0.25) is 10.0 Å². The zero-order chi connectivity index (χ0) is 26.2. The molecule has 0 aliphatic rings. The number of hydrogen-bond acceptors (Lipinski definition) is 6. The van der Waals surface area contributed by atoms with Crippen molar-refractivity contribution in [3.8, 4) is 11.3 Å². The molecule has 0 amide bonds. The molecule has 9 heteroatoms. The summed E-state index contributed by atoms with van der Waals surface area (Å²) in [6.45, 7) is 5.42. The van der Waals surface area contributed by atoms with E-state index in [1.54, 1.807) is 49.5 Å². The summed E-state index contributed by atoms with van der Waals surface area (Å²) in [6, 6.07) is 12.4. The summed E-state index contributed by atoms with van der Waals surface area (Å²) in [6.07, 6.45) is 4.72. The van der Waals surface area contributed by atoms with E-state index < -0.39 is 11.6 Å². The van der Waals surface area contributed by atoms with E-state index in [1.807, 2.05) is 45.0 Å². The van der Waals surface area contributed by atoms with Crippen molar-refractivity contribution in [2.45, 2.75) is 26.4 Å². The maximum atomic E-state index is 13.9. The summed E-state index contributed by atoms with van der Waals surface area (Å²) in [5.74, 6) is -0.542. The van der Waals surface area contributed by atoms with E-state index >= 15 is 0 Å². The molecule has 0 fully saturated rings. The van der Waals surface area contributed by atoms with Gasteiger partial charge in [-0.3, -0.25) is 9.36 Å². The first-order valence-electron chi connectivity index (χ1n) is 11.1. The number of rotatable bonds is 5. The third kappa shape index (κ3) is 5.03. The molecular weight excluding hydrogens is 501 g/mol. The topological polar surface area (TPSA) is 77.6 Å². The van der Waals surface area contributed by atoms with E-state index in [0.717, 1.165) is 10.9 Å². The summed E-state index contributed by atoms with van der Waals surface area (Å²) < 4.78 is 12.4. The van der Waals surface area contributed by atoms with Crippen molar-refractivity contribution in [3.63, 3.8) is 0 Å². The van der Waals surface area contributed by atoms with Gasteiger partial charge in [0.1, 0.15) is 16.9 Å². The molecule has 2 heterocycles. The Balaban J connectivity index is 1.80. The monoisotopic (exact) mass is 525 g/mol. The molecule has 36 heavy (non-hydrogen) atoms. The van der Waals surface area contributed by atoms with Gasteiger partial charge in [-0.1, -0.05) is 46.6 Å². The lowest BCUT2D eigenvalue weighted by molar-refractivity contribution is -0.148. The van der Waals surface area contributed by atoms with Gasteiger partial charge in [0, 0.05) is 37.3 Å². The van der Waals surface area contributed by atoms with Gasteiger partial charge >= 0.3 is 5.97 Å². The summed E-state index contributed by atoms with van der Waals surface area (Å²) in [4.78, 5) is 27.7. The van der Waals surface area contributed by atoms with Gasteiger partial charge in [0.15, 0.2) is 0 Å². The standard InChI is InChI=1S/C27H25Cl2N3O4/c1-27(2,3)35-21(33)13-12-16-8-6-11-20-17(16)14-15-32(20)25(34)23-24(30-36-26(23)31(4)5)22-18(28)9-7-10-19(22)29/h6-15H,1-5H3/b13-12+. The molecule has 7 nitrogen and oxygen atoms in total. The first-order valence-corrected chi connectivity index (χ1v) is 11.9. The molecule has 0 atom stereocenters. The molecule has 0 aliphatic heterocycles. The number of fused-ring (bicyclic) bond motifs is 1. The van der Waals surface area contributed by atoms with Crippen molar-refractivity contribution in [3.05, 3.63) is 75.9 Å². The fourth-order valence-corrected chi connectivity index (χ4v) is 4.38. The fourth-order valence-electron chi connectivity index (χ4n) is 3.80. The predicted molar refractivity (Wildman–Crippen MR) is 143 cm³/mol. The summed E-state index contributed by atoms with van der Waals surface area (Å²) in [5, 5.41) is 5.64. The second-order valence-electron chi connectivity index (χ2n) is 9.34. The number of nitrogens with zero attached hydrogens (tertiary/aromatic N) is 3. The highest BCUT2D eigenvalue weighted by Gasteiger charge is 2.29. The number of carbonyl (C=O) groups excluding carboxylic acids is 2. The van der Waals surface area contributed by atoms with Crippen LogP contribution in [-0.4, -0.2) is 41.3 Å². The third-order valence-electron chi connectivity index (χ3n) is 5.28. The van der Waals surface area contributed by atoms with Crippen LogP contribution < -0.4 is 4.90 Å². The van der Waals surface area contributed by atoms with Crippen LogP contribution in [-0.2, 0) is 9.53 Å². The predicted octanol–water partition coefficient (Wildman–Crippen LogP) is 6.71. The lowest BCUT2D eigenvalue weighted by Crippen LogP contribution is -2.22. The van der Waals surface area contributed by atoms with Crippen LogP contribution in [0.15, 0.2) is 59.3 Å². The summed E-state index contributed by atoms with van der Waals surface area (Å²) in [7, 11) is 3.51. The van der Waals surface area contributed by atoms with Crippen LogP contribution in [0.4, 0.5) is 5.88 Å². The number of carbonyl (C=O) groups is 2. The lowest BCUT2D eigenvalue weighted by atomic mass is 10.1. The van der Waals surface area contributed by atoms with E-state index in [9.17, 15) is 9.59 Å². The average molecular weight is 526 g/mol. The SMILES string of the molecule is CN(C)c1onc(-c2c(Cl)cccc2Cl)c1C(=O)n1ccc2c(/C=C/C(=O)OC(C)(C)C)cccc21. The number of benzene rings is 2. The highest BCUT2D eigenvalue weighted by atomic mass is 35.5. The van der Waals surface area contributed by atoms with Crippen molar-refractivity contribution in [2.24, 2.45) is 0 Å². The van der Waals surface area contributed by atoms with Crippen molar-refractivity contribution in [2.75, 3.05) is 19.0 Å². The molecule has 2 aromatic carbocycles. The van der Waals surface area contributed by atoms with Crippen LogP contribution in [0.5, 0.6) is 0 Å². The molecule has 4 aromatic rings. The number of aromatic nitrogens is 2. The van der Waals surface area contributed by atoms with Crippen LogP contribution in [0.25, 0.3) is 28.2 Å². The van der Waals surface area contributed by atoms with Crippen molar-refractivity contribution >= 4 is 57.9 Å². The number of anilines is 1. The minimum Gasteiger partial charge on any atom is -0.457 e. The molecule has 186 valence electrons. The smallest absolute Gasteiger partial charge is 0.331 e. The fraction of sp³-hybridized carbons (Fsp3) is 0.222. The van der Waals surface area contributed by atoms with E-state index in [2.05, 4.69) is 5.16 Å². The normalized spacial score (nSPS) is 11.9. The quantitative estimate of drug-likeness (QED) is 0.212. The number of ether oxygens (including phenoxy) is 1. The molecule has 0 saturated carbocycles. The molecule has 0 aliphatic carbocycles. The second-order valence-corrected chi connectivity index (χ2v) is 10.2. The molecule has 0 saturated heterocycles. The van der Waals surface area contributed by atoms with E-state index in [1.165, 1.54) is 10.6 Å². The molecule has 0 bridgehead atoms. The molecule has 0 spiro atoms. The highest BCUT2D eigenvalue weighted by molar-refractivity contribution is 6.39. The van der Waals surface area contributed by atoms with Gasteiger partial charge in [-0.25, -0.2) is 4.79 Å². The van der Waals surface area contributed by atoms with Gasteiger partial charge in [-0.15, -0.1) is 0 Å². The zero-order valence-electron chi connectivity index (χ0n) is 20.5. The minimum atomic E-state index is -0.589. The Morgan fingerprint density at radius 1 is 1.06 bits per heavy atom. The maximum absolute atomic E-state index is 13.9. The van der Waals surface area contributed by atoms with E-state index in [4.69, 9.17) is 32.5 Å². The van der Waals surface area contributed by atoms with Crippen molar-refractivity contribution < 1.29 is 18.8 Å². The number of halogens is 2. The first-order chi connectivity index (χ1) is 17.0. The Morgan fingerprint density at radius 3 is 2.36 bits per heavy atom. The number of esters is 1. The van der Waals surface area contributed by atoms with Crippen LogP contribution >= 0.6 is 23.2 Å². The van der Waals surface area contributed by atoms with Gasteiger partial charge in [0.2, 0.25) is 5.88 Å². The second kappa shape index (κ2) is 9.84. The van der Waals surface area contributed by atoms with Gasteiger partial charge in [-0.05, 0) is 56.7 Å². The van der Waals surface area contributed by atoms with Crippen LogP contribution in [0.1, 0.15) is 36.7 Å². The molecule has 0 unspecified atom stereocenters. The Morgan fingerprint density at radius 2 is 1.72 bits per heavy atom. The van der Waals surface area contributed by atoms with Gasteiger partial charge < -0.3 is 14.2 Å². The zero-order valence-corrected chi connectivity index (χ0v) is 22.0. The Bertz CT molecular complexity index is 1470. The van der Waals surface area contributed by atoms with Gasteiger partial charge in [0.05, 0.1) is 15.6 Å². The largest absolute Gasteiger partial charge is 0.457 e. The Labute approximate surface area is 218 Å². The molecule has 0 N–H and O–H groups in total. The average Bonchev–Trinajstić information content (AvgIpc) is 3.41. The third-order valence-corrected chi connectivity index (χ3v) is 5.91. The van der Waals surface area contributed by atoms with Gasteiger partial charge in [-0.2, -0.15) is 0 Å². The number of hydrogen-bond donors (Lipinski definition) is 0. The van der Waals surface area contributed by atoms with Crippen molar-refractivity contribution in [1.29, 1.82) is 0 Å². The van der Waals surface area contributed by atoms with Crippen LogP contribution in [0, 0.1) is 0 Å². The summed E-state index contributed by atoms with van der Waals surface area (Å²) in [5.41, 5.74) is 1.71. The summed E-state index contributed by atoms with van der Waals surface area (Å²) >= 11 is 12.9.